The molecule has 0 saturated carbocycles. The molecule has 0 rings (SSSR count). The van der Waals surface area contributed by atoms with Gasteiger partial charge in [-0.05, 0) is 20.3 Å². The Morgan fingerprint density at radius 2 is 1.47 bits per heavy atom. The van der Waals surface area contributed by atoms with Crippen molar-refractivity contribution < 1.29 is 25.2 Å². The smallest absolute Gasteiger partial charge is 0.267 e. The van der Waals surface area contributed by atoms with Crippen LogP contribution < -0.4 is 0 Å². The van der Waals surface area contributed by atoms with Crippen LogP contribution in [0.2, 0.25) is 0 Å². The lowest BCUT2D eigenvalue weighted by atomic mass is 10.2. The summed E-state index contributed by atoms with van der Waals surface area (Å²) in [4.78, 5) is 0. The van der Waals surface area contributed by atoms with Crippen LogP contribution in [0.3, 0.4) is 0 Å². The first-order valence-electron chi connectivity index (χ1n) is 5.54. The highest BCUT2D eigenvalue weighted by molar-refractivity contribution is 7.87. The summed E-state index contributed by atoms with van der Waals surface area (Å²) in [6.07, 6.45) is 0.365. The van der Waals surface area contributed by atoms with E-state index in [0.29, 0.717) is 12.8 Å². The Hall–Kier alpha value is -0.180. The van der Waals surface area contributed by atoms with Crippen LogP contribution in [-0.2, 0) is 28.6 Å². The van der Waals surface area contributed by atoms with Gasteiger partial charge in [0.15, 0.2) is 0 Å². The van der Waals surface area contributed by atoms with Crippen molar-refractivity contribution in [3.05, 3.63) is 0 Å². The summed E-state index contributed by atoms with van der Waals surface area (Å²) in [5, 5.41) is 0. The number of rotatable bonds is 9. The fourth-order valence-corrected chi connectivity index (χ4v) is 2.25. The van der Waals surface area contributed by atoms with E-state index in [0.717, 1.165) is 0 Å². The molecule has 1 unspecified atom stereocenters. The average molecular weight is 288 g/mol. The largest absolute Gasteiger partial charge is 0.267 e. The third-order valence-electron chi connectivity index (χ3n) is 2.03. The van der Waals surface area contributed by atoms with E-state index in [1.165, 1.54) is 13.8 Å². The molecule has 1 atom stereocenters. The highest BCUT2D eigenvalue weighted by Gasteiger charge is 2.20. The third kappa shape index (κ3) is 7.69. The third-order valence-corrected chi connectivity index (χ3v) is 4.51. The molecule has 6 nitrogen and oxygen atoms in total. The standard InChI is InChI=1S/C9H20O6S2/c1-4-7-9(15-17(12,13)6-3)8-14-16(10,11)5-2/h9H,4-8H2,1-3H3. The van der Waals surface area contributed by atoms with Gasteiger partial charge in [-0.3, -0.25) is 8.37 Å². The monoisotopic (exact) mass is 288 g/mol. The van der Waals surface area contributed by atoms with E-state index in [9.17, 15) is 16.8 Å². The first kappa shape index (κ1) is 16.8. The minimum absolute atomic E-state index is 0.145. The van der Waals surface area contributed by atoms with Gasteiger partial charge in [-0.15, -0.1) is 0 Å². The molecule has 0 radical (unpaired) electrons. The number of hydrogen-bond acceptors (Lipinski definition) is 6. The Morgan fingerprint density at radius 1 is 0.941 bits per heavy atom. The molecule has 0 spiro atoms. The van der Waals surface area contributed by atoms with Crippen LogP contribution in [0.1, 0.15) is 33.6 Å². The molecule has 0 amide bonds. The molecule has 0 bridgehead atoms. The molecule has 0 N–H and O–H groups in total. The van der Waals surface area contributed by atoms with Crippen molar-refractivity contribution in [2.24, 2.45) is 0 Å². The van der Waals surface area contributed by atoms with Gasteiger partial charge in [0.2, 0.25) is 0 Å². The van der Waals surface area contributed by atoms with Crippen molar-refractivity contribution in [3.8, 4) is 0 Å². The van der Waals surface area contributed by atoms with Gasteiger partial charge < -0.3 is 0 Å². The average Bonchev–Trinajstić information content (AvgIpc) is 2.26. The van der Waals surface area contributed by atoms with E-state index in [1.807, 2.05) is 6.92 Å². The molecular weight excluding hydrogens is 268 g/mol. The Balaban J connectivity index is 4.46. The Morgan fingerprint density at radius 3 is 1.88 bits per heavy atom. The first-order valence-corrected chi connectivity index (χ1v) is 8.69. The van der Waals surface area contributed by atoms with Crippen LogP contribution in [-0.4, -0.2) is 41.1 Å². The van der Waals surface area contributed by atoms with E-state index in [1.54, 1.807) is 0 Å². The maximum absolute atomic E-state index is 11.3. The summed E-state index contributed by atoms with van der Waals surface area (Å²) in [5.74, 6) is -0.292. The second kappa shape index (κ2) is 7.30. The summed E-state index contributed by atoms with van der Waals surface area (Å²) in [5.41, 5.74) is 0. The lowest BCUT2D eigenvalue weighted by Crippen LogP contribution is -2.26. The van der Waals surface area contributed by atoms with Crippen LogP contribution in [0.15, 0.2) is 0 Å². The molecule has 0 heterocycles. The topological polar surface area (TPSA) is 86.7 Å². The molecule has 0 aliphatic heterocycles. The van der Waals surface area contributed by atoms with Crippen molar-refractivity contribution in [2.45, 2.75) is 39.7 Å². The van der Waals surface area contributed by atoms with Crippen LogP contribution in [0.4, 0.5) is 0 Å². The minimum atomic E-state index is -3.59. The zero-order valence-corrected chi connectivity index (χ0v) is 12.0. The molecule has 17 heavy (non-hydrogen) atoms. The summed E-state index contributed by atoms with van der Waals surface area (Å²) < 4.78 is 54.3. The highest BCUT2D eigenvalue weighted by atomic mass is 32.2. The summed E-state index contributed by atoms with van der Waals surface area (Å²) in [6, 6.07) is 0. The lowest BCUT2D eigenvalue weighted by Gasteiger charge is -2.15. The molecule has 0 fully saturated rings. The predicted octanol–water partition coefficient (Wildman–Crippen LogP) is 0.888. The second-order valence-corrected chi connectivity index (χ2v) is 7.30. The maximum atomic E-state index is 11.3. The summed E-state index contributed by atoms with van der Waals surface area (Å²) in [7, 11) is -7.16. The molecule has 0 aromatic carbocycles. The van der Waals surface area contributed by atoms with Gasteiger partial charge >= 0.3 is 0 Å². The first-order chi connectivity index (χ1) is 7.76. The lowest BCUT2D eigenvalue weighted by molar-refractivity contribution is 0.130. The van der Waals surface area contributed by atoms with Crippen molar-refractivity contribution in [2.75, 3.05) is 18.1 Å². The fourth-order valence-electron chi connectivity index (χ4n) is 1.02. The van der Waals surface area contributed by atoms with Gasteiger partial charge in [0, 0.05) is 0 Å². The van der Waals surface area contributed by atoms with Gasteiger partial charge in [-0.25, -0.2) is 0 Å². The van der Waals surface area contributed by atoms with E-state index in [2.05, 4.69) is 4.18 Å². The van der Waals surface area contributed by atoms with Gasteiger partial charge in [0.05, 0.1) is 18.1 Å². The zero-order valence-electron chi connectivity index (χ0n) is 10.4. The van der Waals surface area contributed by atoms with Crippen LogP contribution >= 0.6 is 0 Å². The molecule has 104 valence electrons. The molecular formula is C9H20O6S2. The molecule has 0 aliphatic rings. The summed E-state index contributed by atoms with van der Waals surface area (Å²) in [6.45, 7) is 4.50. The maximum Gasteiger partial charge on any atom is 0.267 e. The van der Waals surface area contributed by atoms with E-state index in [4.69, 9.17) is 4.18 Å². The van der Waals surface area contributed by atoms with Crippen molar-refractivity contribution in [3.63, 3.8) is 0 Å². The molecule has 0 aliphatic carbocycles. The minimum Gasteiger partial charge on any atom is -0.267 e. The molecule has 0 aromatic heterocycles. The van der Waals surface area contributed by atoms with Crippen LogP contribution in [0.5, 0.6) is 0 Å². The van der Waals surface area contributed by atoms with Crippen LogP contribution in [0, 0.1) is 0 Å². The van der Waals surface area contributed by atoms with Crippen molar-refractivity contribution >= 4 is 20.2 Å². The zero-order chi connectivity index (χ0) is 13.5. The van der Waals surface area contributed by atoms with E-state index < -0.39 is 26.3 Å². The van der Waals surface area contributed by atoms with E-state index >= 15 is 0 Å². The summed E-state index contributed by atoms with van der Waals surface area (Å²) >= 11 is 0. The predicted molar refractivity (Wildman–Crippen MR) is 64.7 cm³/mol. The second-order valence-electron chi connectivity index (χ2n) is 3.48. The highest BCUT2D eigenvalue weighted by Crippen LogP contribution is 2.09. The van der Waals surface area contributed by atoms with Gasteiger partial charge in [0.1, 0.15) is 6.10 Å². The quantitative estimate of drug-likeness (QED) is 0.586. The van der Waals surface area contributed by atoms with Crippen molar-refractivity contribution in [1.29, 1.82) is 0 Å². The van der Waals surface area contributed by atoms with Crippen LogP contribution in [0.25, 0.3) is 0 Å². The van der Waals surface area contributed by atoms with Gasteiger partial charge in [0.25, 0.3) is 20.2 Å². The molecule has 8 heteroatoms. The van der Waals surface area contributed by atoms with Gasteiger partial charge in [-0.1, -0.05) is 13.3 Å². The Kier molecular flexibility index (Phi) is 7.22. The molecule has 0 saturated heterocycles. The molecule has 0 aromatic rings. The van der Waals surface area contributed by atoms with Gasteiger partial charge in [-0.2, -0.15) is 16.8 Å². The number of hydrogen-bond donors (Lipinski definition) is 0. The Labute approximate surface area is 104 Å². The normalized spacial score (nSPS) is 14.8. The van der Waals surface area contributed by atoms with Crippen molar-refractivity contribution in [1.82, 2.24) is 0 Å². The van der Waals surface area contributed by atoms with E-state index in [-0.39, 0.29) is 18.1 Å². The fraction of sp³-hybridized carbons (Fsp3) is 1.00. The SMILES string of the molecule is CCCC(COS(=O)(=O)CC)OS(=O)(=O)CC. The Bertz CT molecular complexity index is 397.